The van der Waals surface area contributed by atoms with E-state index in [2.05, 4.69) is 10.6 Å². The summed E-state index contributed by atoms with van der Waals surface area (Å²) < 4.78 is 5.74. The summed E-state index contributed by atoms with van der Waals surface area (Å²) in [6.07, 6.45) is 4.30. The van der Waals surface area contributed by atoms with E-state index in [1.807, 2.05) is 24.3 Å². The van der Waals surface area contributed by atoms with Gasteiger partial charge in [-0.1, -0.05) is 37.1 Å². The van der Waals surface area contributed by atoms with Crippen LogP contribution in [0.5, 0.6) is 5.75 Å². The average Bonchev–Trinajstić information content (AvgIpc) is 2.78. The summed E-state index contributed by atoms with van der Waals surface area (Å²) >= 11 is 0. The van der Waals surface area contributed by atoms with Crippen molar-refractivity contribution in [2.45, 2.75) is 51.7 Å². The fourth-order valence-electron chi connectivity index (χ4n) is 3.44. The molecule has 0 fully saturated rings. The quantitative estimate of drug-likeness (QED) is 0.270. The third kappa shape index (κ3) is 9.36. The van der Waals surface area contributed by atoms with Crippen molar-refractivity contribution in [2.24, 2.45) is 0 Å². The number of unbranched alkanes of at least 4 members (excludes halogenated alkanes) is 3. The van der Waals surface area contributed by atoms with E-state index in [-0.39, 0.29) is 18.3 Å². The lowest BCUT2D eigenvalue weighted by Crippen LogP contribution is -2.22. The Morgan fingerprint density at radius 2 is 1.81 bits per heavy atom. The van der Waals surface area contributed by atoms with E-state index >= 15 is 0 Å². The molecular formula is C25H36N2O5. The summed E-state index contributed by atoms with van der Waals surface area (Å²) in [5, 5.41) is 35.1. The highest BCUT2D eigenvalue weighted by Gasteiger charge is 2.10. The molecule has 0 heterocycles. The van der Waals surface area contributed by atoms with Gasteiger partial charge in [0.15, 0.2) is 0 Å². The van der Waals surface area contributed by atoms with Gasteiger partial charge in [-0.2, -0.15) is 0 Å². The van der Waals surface area contributed by atoms with E-state index in [9.17, 15) is 20.1 Å². The lowest BCUT2D eigenvalue weighted by Gasteiger charge is -2.14. The van der Waals surface area contributed by atoms with Crippen molar-refractivity contribution in [1.29, 1.82) is 0 Å². The molecule has 1 unspecified atom stereocenters. The monoisotopic (exact) mass is 444 g/mol. The molecule has 0 radical (unpaired) electrons. The molecule has 176 valence electrons. The van der Waals surface area contributed by atoms with E-state index < -0.39 is 6.10 Å². The predicted octanol–water partition coefficient (Wildman–Crippen LogP) is 3.29. The number of aliphatic hydroxyl groups is 2. The minimum Gasteiger partial charge on any atom is -0.508 e. The Labute approximate surface area is 190 Å². The molecule has 1 atom stereocenters. The number of benzene rings is 2. The van der Waals surface area contributed by atoms with Crippen LogP contribution < -0.4 is 10.6 Å². The van der Waals surface area contributed by atoms with Gasteiger partial charge in [-0.05, 0) is 55.1 Å². The molecular weight excluding hydrogens is 408 g/mol. The molecule has 0 aliphatic carbocycles. The molecule has 0 aliphatic heterocycles. The van der Waals surface area contributed by atoms with Crippen LogP contribution in [0.15, 0.2) is 42.5 Å². The van der Waals surface area contributed by atoms with Crippen molar-refractivity contribution < 1.29 is 24.9 Å². The molecule has 0 saturated carbocycles. The largest absolute Gasteiger partial charge is 0.508 e. The Bertz CT molecular complexity index is 828. The average molecular weight is 445 g/mol. The third-order valence-electron chi connectivity index (χ3n) is 5.23. The lowest BCUT2D eigenvalue weighted by atomic mass is 10.1. The van der Waals surface area contributed by atoms with Crippen molar-refractivity contribution in [3.63, 3.8) is 0 Å². The first-order valence-corrected chi connectivity index (χ1v) is 11.3. The Balaban J connectivity index is 1.49. The number of anilines is 1. The number of phenols is 1. The molecule has 2 rings (SSSR count). The SMILES string of the molecule is CC(=O)Nc1ccccc1CCOCCCCCCNCC(O)c1ccc(O)c(CO)c1. The van der Waals surface area contributed by atoms with E-state index in [1.54, 1.807) is 12.1 Å². The van der Waals surface area contributed by atoms with Crippen molar-refractivity contribution >= 4 is 11.6 Å². The van der Waals surface area contributed by atoms with E-state index in [0.29, 0.717) is 24.3 Å². The van der Waals surface area contributed by atoms with Gasteiger partial charge >= 0.3 is 0 Å². The zero-order valence-electron chi connectivity index (χ0n) is 18.8. The van der Waals surface area contributed by atoms with Crippen molar-refractivity contribution in [3.8, 4) is 5.75 Å². The number of carbonyl (C=O) groups excluding carboxylic acids is 1. The smallest absolute Gasteiger partial charge is 0.221 e. The second-order valence-electron chi connectivity index (χ2n) is 7.88. The Morgan fingerprint density at radius 1 is 1.03 bits per heavy atom. The summed E-state index contributed by atoms with van der Waals surface area (Å²) in [6.45, 7) is 3.86. The first-order chi connectivity index (χ1) is 15.5. The number of amides is 1. The highest BCUT2D eigenvalue weighted by molar-refractivity contribution is 5.89. The summed E-state index contributed by atoms with van der Waals surface area (Å²) in [5.41, 5.74) is 3.02. The molecule has 1 amide bonds. The highest BCUT2D eigenvalue weighted by Crippen LogP contribution is 2.22. The molecule has 7 heteroatoms. The van der Waals surface area contributed by atoms with Crippen LogP contribution >= 0.6 is 0 Å². The van der Waals surface area contributed by atoms with Crippen LogP contribution in [-0.2, 0) is 22.6 Å². The first-order valence-electron chi connectivity index (χ1n) is 11.3. The number of rotatable bonds is 15. The molecule has 0 aliphatic rings. The molecule has 7 nitrogen and oxygen atoms in total. The second-order valence-corrected chi connectivity index (χ2v) is 7.88. The number of hydrogen-bond acceptors (Lipinski definition) is 6. The van der Waals surface area contributed by atoms with Gasteiger partial charge in [0.2, 0.25) is 5.91 Å². The molecule has 0 saturated heterocycles. The van der Waals surface area contributed by atoms with Gasteiger partial charge in [0, 0.05) is 31.3 Å². The summed E-state index contributed by atoms with van der Waals surface area (Å²) in [5.74, 6) is -0.0336. The van der Waals surface area contributed by atoms with Gasteiger partial charge in [-0.25, -0.2) is 0 Å². The Hall–Kier alpha value is -2.45. The minimum atomic E-state index is -0.676. The zero-order valence-corrected chi connectivity index (χ0v) is 18.8. The van der Waals surface area contributed by atoms with Crippen LogP contribution in [0.25, 0.3) is 0 Å². The molecule has 0 bridgehead atoms. The maximum Gasteiger partial charge on any atom is 0.221 e. The van der Waals surface area contributed by atoms with Crippen molar-refractivity contribution in [3.05, 3.63) is 59.2 Å². The van der Waals surface area contributed by atoms with E-state index in [4.69, 9.17) is 4.74 Å². The Kier molecular flexibility index (Phi) is 11.8. The lowest BCUT2D eigenvalue weighted by molar-refractivity contribution is -0.114. The van der Waals surface area contributed by atoms with Gasteiger partial charge in [0.25, 0.3) is 0 Å². The number of hydrogen-bond donors (Lipinski definition) is 5. The van der Waals surface area contributed by atoms with Crippen molar-refractivity contribution in [1.82, 2.24) is 5.32 Å². The predicted molar refractivity (Wildman–Crippen MR) is 126 cm³/mol. The fourth-order valence-corrected chi connectivity index (χ4v) is 3.44. The van der Waals surface area contributed by atoms with Crippen molar-refractivity contribution in [2.75, 3.05) is 31.6 Å². The number of ether oxygens (including phenoxy) is 1. The van der Waals surface area contributed by atoms with Crippen LogP contribution in [0.4, 0.5) is 5.69 Å². The van der Waals surface area contributed by atoms with Crippen LogP contribution in [0.1, 0.15) is 55.4 Å². The molecule has 32 heavy (non-hydrogen) atoms. The van der Waals surface area contributed by atoms with Crippen LogP contribution in [0.3, 0.4) is 0 Å². The summed E-state index contributed by atoms with van der Waals surface area (Å²) in [4.78, 5) is 11.3. The van der Waals surface area contributed by atoms with Crippen LogP contribution in [0.2, 0.25) is 0 Å². The van der Waals surface area contributed by atoms with Crippen LogP contribution in [-0.4, -0.2) is 47.5 Å². The number of aromatic hydroxyl groups is 1. The van der Waals surface area contributed by atoms with E-state index in [1.165, 1.54) is 13.0 Å². The van der Waals surface area contributed by atoms with Gasteiger partial charge in [0.05, 0.1) is 19.3 Å². The highest BCUT2D eigenvalue weighted by atomic mass is 16.5. The third-order valence-corrected chi connectivity index (χ3v) is 5.23. The second kappa shape index (κ2) is 14.6. The molecule has 0 spiro atoms. The Morgan fingerprint density at radius 3 is 2.59 bits per heavy atom. The standard InChI is InChI=1S/C25H36N2O5/c1-19(29)27-23-9-5-4-8-20(23)12-15-32-14-7-3-2-6-13-26-17-25(31)21-10-11-24(30)22(16-21)18-28/h4-5,8-11,16,25-26,28,30-31H,2-3,6-7,12-15,17-18H2,1H3,(H,27,29). The number of carbonyl (C=O) groups is 1. The van der Waals surface area contributed by atoms with Gasteiger partial charge in [-0.15, -0.1) is 0 Å². The van der Waals surface area contributed by atoms with Gasteiger partial charge in [-0.3, -0.25) is 4.79 Å². The zero-order chi connectivity index (χ0) is 23.2. The number of para-hydroxylation sites is 1. The molecule has 0 aromatic heterocycles. The molecule has 5 N–H and O–H groups in total. The fraction of sp³-hybridized carbons (Fsp3) is 0.480. The summed E-state index contributed by atoms with van der Waals surface area (Å²) in [7, 11) is 0. The molecule has 2 aromatic carbocycles. The van der Waals surface area contributed by atoms with Gasteiger partial charge in [0.1, 0.15) is 5.75 Å². The first kappa shape index (κ1) is 25.8. The number of nitrogens with one attached hydrogen (secondary N) is 2. The molecule has 2 aromatic rings. The summed E-state index contributed by atoms with van der Waals surface area (Å²) in [6, 6.07) is 12.6. The van der Waals surface area contributed by atoms with Crippen LogP contribution in [0, 0.1) is 0 Å². The van der Waals surface area contributed by atoms with Gasteiger partial charge < -0.3 is 30.7 Å². The normalized spacial score (nSPS) is 12.0. The maximum absolute atomic E-state index is 11.3. The minimum absolute atomic E-state index is 0.0372. The number of aliphatic hydroxyl groups excluding tert-OH is 2. The maximum atomic E-state index is 11.3. The topological polar surface area (TPSA) is 111 Å². The van der Waals surface area contributed by atoms with E-state index in [0.717, 1.165) is 56.5 Å².